The lowest BCUT2D eigenvalue weighted by Crippen LogP contribution is -2.37. The molecule has 1 N–H and O–H groups in total. The van der Waals surface area contributed by atoms with Crippen molar-refractivity contribution in [3.8, 4) is 0 Å². The van der Waals surface area contributed by atoms with Gasteiger partial charge in [0.25, 0.3) is 0 Å². The Balaban J connectivity index is 2.70. The summed E-state index contributed by atoms with van der Waals surface area (Å²) in [5, 5.41) is 3.24. The lowest BCUT2D eigenvalue weighted by Gasteiger charge is -2.20. The van der Waals surface area contributed by atoms with Crippen LogP contribution in [0.15, 0.2) is 29.3 Å². The average molecular weight is 331 g/mol. The van der Waals surface area contributed by atoms with E-state index in [0.29, 0.717) is 5.71 Å². The second kappa shape index (κ2) is 10.4. The second-order valence-electron chi connectivity index (χ2n) is 7.48. The molecule has 0 aliphatic carbocycles. The smallest absolute Gasteiger partial charge is 0.165 e. The highest BCUT2D eigenvalue weighted by molar-refractivity contribution is 6.30. The van der Waals surface area contributed by atoms with E-state index in [0.717, 1.165) is 25.7 Å². The molecule has 3 heteroatoms. The molecule has 0 amide bonds. The Hall–Kier alpha value is -1.48. The number of nitrogens with zero attached hydrogens (tertiary/aromatic N) is 1. The van der Waals surface area contributed by atoms with Gasteiger partial charge in [0.1, 0.15) is 0 Å². The van der Waals surface area contributed by atoms with Crippen molar-refractivity contribution in [2.24, 2.45) is 4.99 Å². The lowest BCUT2D eigenvalue weighted by atomic mass is 9.86. The molecule has 0 saturated carbocycles. The molecule has 0 heterocycles. The van der Waals surface area contributed by atoms with Gasteiger partial charge in [0.2, 0.25) is 0 Å². The zero-order valence-corrected chi connectivity index (χ0v) is 16.1. The largest absolute Gasteiger partial charge is 0.311 e. The van der Waals surface area contributed by atoms with Crippen LogP contribution in [-0.4, -0.2) is 31.6 Å². The maximum absolute atomic E-state index is 11.4. The summed E-state index contributed by atoms with van der Waals surface area (Å²) in [5.74, 6) is 0. The number of rotatable bonds is 10. The molecule has 0 fully saturated rings. The fourth-order valence-corrected chi connectivity index (χ4v) is 2.71. The minimum absolute atomic E-state index is 0.0193. The van der Waals surface area contributed by atoms with E-state index in [2.05, 4.69) is 62.3 Å². The first-order valence-electron chi connectivity index (χ1n) is 9.18. The number of benzene rings is 1. The van der Waals surface area contributed by atoms with E-state index in [1.165, 1.54) is 30.4 Å². The predicted molar refractivity (Wildman–Crippen MR) is 104 cm³/mol. The van der Waals surface area contributed by atoms with Gasteiger partial charge in [-0.2, -0.15) is 0 Å². The Morgan fingerprint density at radius 1 is 1.17 bits per heavy atom. The van der Waals surface area contributed by atoms with Crippen LogP contribution in [0.4, 0.5) is 0 Å². The number of likely N-dealkylation sites (N-methyl/N-ethyl adjacent to an activating group) is 1. The summed E-state index contributed by atoms with van der Waals surface area (Å²) in [4.78, 5) is 16.0. The third-order valence-corrected chi connectivity index (χ3v) is 4.39. The first-order valence-corrected chi connectivity index (χ1v) is 9.18. The number of nitrogens with one attached hydrogen (secondary N) is 1. The van der Waals surface area contributed by atoms with Gasteiger partial charge in [-0.1, -0.05) is 71.2 Å². The van der Waals surface area contributed by atoms with Gasteiger partial charge in [-0.05, 0) is 36.4 Å². The van der Waals surface area contributed by atoms with Crippen molar-refractivity contribution < 1.29 is 4.79 Å². The van der Waals surface area contributed by atoms with E-state index in [4.69, 9.17) is 0 Å². The van der Waals surface area contributed by atoms with Crippen LogP contribution in [0.25, 0.3) is 0 Å². The van der Waals surface area contributed by atoms with E-state index in [-0.39, 0.29) is 11.5 Å². The first kappa shape index (κ1) is 20.6. The molecule has 3 nitrogen and oxygen atoms in total. The van der Waals surface area contributed by atoms with Crippen LogP contribution in [0.1, 0.15) is 64.5 Å². The molecule has 1 aromatic carbocycles. The van der Waals surface area contributed by atoms with Gasteiger partial charge in [-0.15, -0.1) is 0 Å². The highest BCUT2D eigenvalue weighted by Gasteiger charge is 2.16. The molecule has 0 saturated heterocycles. The molecular weight excluding hydrogens is 296 g/mol. The molecule has 1 rings (SSSR count). The maximum atomic E-state index is 11.4. The van der Waals surface area contributed by atoms with Gasteiger partial charge in [-0.3, -0.25) is 9.79 Å². The van der Waals surface area contributed by atoms with Crippen LogP contribution in [0.2, 0.25) is 0 Å². The Morgan fingerprint density at radius 3 is 2.33 bits per heavy atom. The van der Waals surface area contributed by atoms with E-state index in [9.17, 15) is 4.79 Å². The highest BCUT2D eigenvalue weighted by Crippen LogP contribution is 2.22. The van der Waals surface area contributed by atoms with Gasteiger partial charge < -0.3 is 5.32 Å². The second-order valence-corrected chi connectivity index (χ2v) is 7.48. The zero-order valence-electron chi connectivity index (χ0n) is 16.1. The summed E-state index contributed by atoms with van der Waals surface area (Å²) in [6, 6.07) is 8.67. The molecule has 1 unspecified atom stereocenters. The van der Waals surface area contributed by atoms with Gasteiger partial charge in [0, 0.05) is 6.54 Å². The normalized spacial score (nSPS) is 13.8. The fraction of sp³-hybridized carbons (Fsp3) is 0.619. The number of aliphatic imine (C=N–C) groups is 1. The molecule has 0 aliphatic rings. The monoisotopic (exact) mass is 330 g/mol. The van der Waals surface area contributed by atoms with Gasteiger partial charge in [-0.25, -0.2) is 0 Å². The topological polar surface area (TPSA) is 41.5 Å². The van der Waals surface area contributed by atoms with E-state index < -0.39 is 0 Å². The molecule has 1 atom stereocenters. The summed E-state index contributed by atoms with van der Waals surface area (Å²) in [6.45, 7) is 9.59. The average Bonchev–Trinajstić information content (AvgIpc) is 2.56. The minimum atomic E-state index is -0.0193. The quantitative estimate of drug-likeness (QED) is 0.394. The number of aldehydes is 1. The number of unbranched alkanes of at least 4 members (excludes halogenated alkanes) is 3. The van der Waals surface area contributed by atoms with Crippen molar-refractivity contribution in [3.63, 3.8) is 0 Å². The zero-order chi connectivity index (χ0) is 18.0. The fourth-order valence-electron chi connectivity index (χ4n) is 2.71. The number of hydrogen-bond donors (Lipinski definition) is 1. The maximum Gasteiger partial charge on any atom is 0.165 e. The molecule has 0 spiro atoms. The summed E-state index contributed by atoms with van der Waals surface area (Å²) in [6.07, 6.45) is 6.39. The molecule has 0 aromatic heterocycles. The Kier molecular flexibility index (Phi) is 8.91. The van der Waals surface area contributed by atoms with Crippen molar-refractivity contribution in [2.75, 3.05) is 13.6 Å². The predicted octanol–water partition coefficient (Wildman–Crippen LogP) is 4.33. The Bertz CT molecular complexity index is 512. The molecule has 1 aromatic rings. The molecule has 0 aliphatic heterocycles. The van der Waals surface area contributed by atoms with Crippen molar-refractivity contribution in [1.82, 2.24) is 5.32 Å². The number of carbonyl (C=O) groups excluding carboxylic acids is 1. The van der Waals surface area contributed by atoms with E-state index in [1.807, 2.05) is 7.05 Å². The molecular formula is C21H34N2O. The van der Waals surface area contributed by atoms with Crippen LogP contribution in [0, 0.1) is 0 Å². The summed E-state index contributed by atoms with van der Waals surface area (Å²) in [5.41, 5.74) is 3.35. The summed E-state index contributed by atoms with van der Waals surface area (Å²) in [7, 11) is 1.89. The molecule has 24 heavy (non-hydrogen) atoms. The molecule has 0 bridgehead atoms. The van der Waals surface area contributed by atoms with Crippen LogP contribution in [0.5, 0.6) is 0 Å². The molecule has 134 valence electrons. The van der Waals surface area contributed by atoms with Gasteiger partial charge in [0.15, 0.2) is 6.29 Å². The molecule has 0 radical (unpaired) electrons. The van der Waals surface area contributed by atoms with Gasteiger partial charge in [0.05, 0.1) is 11.8 Å². The summed E-state index contributed by atoms with van der Waals surface area (Å²) >= 11 is 0. The van der Waals surface area contributed by atoms with Crippen molar-refractivity contribution in [2.45, 2.75) is 71.3 Å². The van der Waals surface area contributed by atoms with Crippen molar-refractivity contribution in [3.05, 3.63) is 35.4 Å². The van der Waals surface area contributed by atoms with E-state index in [1.54, 1.807) is 0 Å². The van der Waals surface area contributed by atoms with E-state index >= 15 is 0 Å². The van der Waals surface area contributed by atoms with Gasteiger partial charge >= 0.3 is 0 Å². The standard InChI is InChI=1S/C21H34N2O/c1-6-7-8-9-14-23-20(16-24)19(22-5)15-17-10-12-18(13-11-17)21(2,3)4/h10-13,16,19,22H,6-9,14-15H2,1-5H3. The number of carbonyl (C=O) groups is 1. The third kappa shape index (κ3) is 6.96. The van der Waals surface area contributed by atoms with Crippen molar-refractivity contribution >= 4 is 12.0 Å². The Morgan fingerprint density at radius 2 is 1.83 bits per heavy atom. The van der Waals surface area contributed by atoms with Crippen LogP contribution >= 0.6 is 0 Å². The van der Waals surface area contributed by atoms with Crippen molar-refractivity contribution in [1.29, 1.82) is 0 Å². The first-order chi connectivity index (χ1) is 11.4. The van der Waals surface area contributed by atoms with Crippen LogP contribution in [0.3, 0.4) is 0 Å². The number of hydrogen-bond acceptors (Lipinski definition) is 3. The SMILES string of the molecule is CCCCCCN=C(C=O)C(Cc1ccc(C(C)(C)C)cc1)NC. The van der Waals surface area contributed by atoms with Crippen LogP contribution in [-0.2, 0) is 16.6 Å². The Labute approximate surface area is 148 Å². The van der Waals surface area contributed by atoms with Crippen LogP contribution < -0.4 is 5.32 Å². The third-order valence-electron chi connectivity index (χ3n) is 4.39. The minimum Gasteiger partial charge on any atom is -0.311 e. The highest BCUT2D eigenvalue weighted by atomic mass is 16.1. The lowest BCUT2D eigenvalue weighted by molar-refractivity contribution is -0.102. The summed E-state index contributed by atoms with van der Waals surface area (Å²) < 4.78 is 0.